The van der Waals surface area contributed by atoms with Crippen LogP contribution in [0.2, 0.25) is 0 Å². The molecule has 9 heteroatoms. The smallest absolute Gasteiger partial charge is 0.310 e. The lowest BCUT2D eigenvalue weighted by atomic mass is 9.86. The summed E-state index contributed by atoms with van der Waals surface area (Å²) in [7, 11) is -3.74. The second kappa shape index (κ2) is 7.31. The van der Waals surface area contributed by atoms with Crippen LogP contribution < -0.4 is 11.3 Å². The van der Waals surface area contributed by atoms with Crippen molar-refractivity contribution in [1.82, 2.24) is 8.87 Å². The number of nitrogens with two attached hydrogens (primary N) is 1. The lowest BCUT2D eigenvalue weighted by Crippen LogP contribution is -2.32. The van der Waals surface area contributed by atoms with Crippen LogP contribution in [0.3, 0.4) is 0 Å². The predicted octanol–water partition coefficient (Wildman–Crippen LogP) is 1.02. The second-order valence-corrected chi connectivity index (χ2v) is 9.35. The number of aromatic nitrogens is 1. The zero-order chi connectivity index (χ0) is 19.9. The van der Waals surface area contributed by atoms with Crippen LogP contribution in [0.5, 0.6) is 0 Å². The third kappa shape index (κ3) is 3.34. The fourth-order valence-corrected chi connectivity index (χ4v) is 5.34. The van der Waals surface area contributed by atoms with Crippen LogP contribution in [0.15, 0.2) is 40.2 Å². The minimum Gasteiger partial charge on any atom is -0.444 e. The average Bonchev–Trinajstić information content (AvgIpc) is 3.06. The highest BCUT2D eigenvalue weighted by Gasteiger charge is 2.32. The van der Waals surface area contributed by atoms with Crippen molar-refractivity contribution >= 4 is 26.8 Å². The molecule has 1 aliphatic carbocycles. The summed E-state index contributed by atoms with van der Waals surface area (Å²) in [5.41, 5.74) is 5.45. The molecular formula is C19H23N3O5S. The first kappa shape index (κ1) is 19.1. The quantitative estimate of drug-likeness (QED) is 0.744. The topological polar surface area (TPSA) is 112 Å². The Bertz CT molecular complexity index is 1070. The molecule has 2 heterocycles. The largest absolute Gasteiger partial charge is 0.444 e. The predicted molar refractivity (Wildman–Crippen MR) is 103 cm³/mol. The normalized spacial score (nSPS) is 21.0. The molecule has 2 fully saturated rings. The van der Waals surface area contributed by atoms with Crippen molar-refractivity contribution in [3.05, 3.63) is 40.8 Å². The molecule has 2 aromatic rings. The van der Waals surface area contributed by atoms with Crippen LogP contribution in [0.1, 0.15) is 25.7 Å². The Labute approximate surface area is 162 Å². The number of hydrogen-bond acceptors (Lipinski definition) is 6. The number of benzene rings is 1. The van der Waals surface area contributed by atoms with Gasteiger partial charge in [-0.15, -0.1) is 0 Å². The first-order valence-electron chi connectivity index (χ1n) is 9.42. The van der Waals surface area contributed by atoms with Crippen LogP contribution in [-0.4, -0.2) is 42.4 Å². The number of hydrogen-bond donors (Lipinski definition) is 1. The number of esters is 1. The summed E-state index contributed by atoms with van der Waals surface area (Å²) >= 11 is 0. The Balaban J connectivity index is 1.65. The van der Waals surface area contributed by atoms with E-state index in [1.54, 1.807) is 18.2 Å². The summed E-state index contributed by atoms with van der Waals surface area (Å²) in [6.45, 7) is 0.461. The second-order valence-electron chi connectivity index (χ2n) is 7.44. The molecule has 1 aliphatic heterocycles. The SMILES string of the molecule is NC1CCN(S(=O)(=O)c2cccc3c(=O)n(COC(=O)C4CCC4)ccc23)C1. The molecule has 0 spiro atoms. The van der Waals surface area contributed by atoms with E-state index in [4.69, 9.17) is 10.5 Å². The van der Waals surface area contributed by atoms with E-state index in [0.717, 1.165) is 19.3 Å². The van der Waals surface area contributed by atoms with Crippen molar-refractivity contribution in [2.24, 2.45) is 11.7 Å². The third-order valence-corrected chi connectivity index (χ3v) is 7.49. The van der Waals surface area contributed by atoms with Gasteiger partial charge in [0.1, 0.15) is 0 Å². The minimum atomic E-state index is -3.74. The lowest BCUT2D eigenvalue weighted by molar-refractivity contribution is -0.155. The monoisotopic (exact) mass is 405 g/mol. The summed E-state index contributed by atoms with van der Waals surface area (Å²) in [6.07, 6.45) is 4.76. The third-order valence-electron chi connectivity index (χ3n) is 5.57. The Morgan fingerprint density at radius 1 is 1.18 bits per heavy atom. The number of carbonyl (C=O) groups excluding carboxylic acids is 1. The number of fused-ring (bicyclic) bond motifs is 1. The van der Waals surface area contributed by atoms with Gasteiger partial charge in [-0.1, -0.05) is 12.5 Å². The zero-order valence-electron chi connectivity index (χ0n) is 15.4. The van der Waals surface area contributed by atoms with Crippen LogP contribution in [0, 0.1) is 5.92 Å². The van der Waals surface area contributed by atoms with Crippen molar-refractivity contribution in [3.8, 4) is 0 Å². The van der Waals surface area contributed by atoms with Crippen molar-refractivity contribution in [1.29, 1.82) is 0 Å². The highest BCUT2D eigenvalue weighted by molar-refractivity contribution is 7.89. The van der Waals surface area contributed by atoms with E-state index in [1.807, 2.05) is 0 Å². The summed E-state index contributed by atoms with van der Waals surface area (Å²) in [5, 5.41) is 0.626. The maximum absolute atomic E-state index is 13.0. The van der Waals surface area contributed by atoms with E-state index >= 15 is 0 Å². The molecule has 0 bridgehead atoms. The summed E-state index contributed by atoms with van der Waals surface area (Å²) in [6, 6.07) is 6.04. The molecule has 0 radical (unpaired) electrons. The zero-order valence-corrected chi connectivity index (χ0v) is 16.2. The molecule has 2 N–H and O–H groups in total. The molecule has 1 atom stereocenters. The van der Waals surface area contributed by atoms with Crippen LogP contribution in [-0.2, 0) is 26.3 Å². The van der Waals surface area contributed by atoms with Gasteiger partial charge in [0.05, 0.1) is 10.8 Å². The average molecular weight is 405 g/mol. The maximum atomic E-state index is 13.0. The highest BCUT2D eigenvalue weighted by Crippen LogP contribution is 2.28. The molecule has 1 aromatic carbocycles. The van der Waals surface area contributed by atoms with E-state index in [0.29, 0.717) is 18.4 Å². The minimum absolute atomic E-state index is 0.0697. The number of sulfonamides is 1. The van der Waals surface area contributed by atoms with Gasteiger partial charge in [-0.05, 0) is 37.5 Å². The molecule has 1 saturated carbocycles. The molecule has 4 rings (SSSR count). The van der Waals surface area contributed by atoms with E-state index in [2.05, 4.69) is 0 Å². The number of carbonyl (C=O) groups is 1. The van der Waals surface area contributed by atoms with Crippen LogP contribution >= 0.6 is 0 Å². The van der Waals surface area contributed by atoms with Crippen molar-refractivity contribution in [2.45, 2.75) is 43.4 Å². The molecule has 0 amide bonds. The van der Waals surface area contributed by atoms with Crippen LogP contribution in [0.4, 0.5) is 0 Å². The summed E-state index contributed by atoms with van der Waals surface area (Å²) < 4.78 is 33.9. The Morgan fingerprint density at radius 2 is 1.96 bits per heavy atom. The Hall–Kier alpha value is -2.23. The molecular weight excluding hydrogens is 382 g/mol. The van der Waals surface area contributed by atoms with Gasteiger partial charge in [-0.25, -0.2) is 8.42 Å². The molecule has 1 saturated heterocycles. The molecule has 1 unspecified atom stereocenters. The number of ether oxygens (including phenoxy) is 1. The Morgan fingerprint density at radius 3 is 2.61 bits per heavy atom. The van der Waals surface area contributed by atoms with Crippen molar-refractivity contribution in [3.63, 3.8) is 0 Å². The van der Waals surface area contributed by atoms with E-state index in [9.17, 15) is 18.0 Å². The van der Waals surface area contributed by atoms with Gasteiger partial charge in [0.25, 0.3) is 5.56 Å². The van der Waals surface area contributed by atoms with Crippen molar-refractivity contribution in [2.75, 3.05) is 13.1 Å². The number of rotatable bonds is 5. The van der Waals surface area contributed by atoms with Gasteiger partial charge in [-0.3, -0.25) is 14.2 Å². The van der Waals surface area contributed by atoms with E-state index in [-0.39, 0.29) is 41.5 Å². The van der Waals surface area contributed by atoms with Crippen molar-refractivity contribution < 1.29 is 17.9 Å². The molecule has 2 aliphatic rings. The van der Waals surface area contributed by atoms with Gasteiger partial charge in [0.15, 0.2) is 6.73 Å². The van der Waals surface area contributed by atoms with Gasteiger partial charge in [0, 0.05) is 36.1 Å². The van der Waals surface area contributed by atoms with E-state index < -0.39 is 15.6 Å². The summed E-state index contributed by atoms with van der Waals surface area (Å²) in [4.78, 5) is 24.8. The standard InChI is InChI=1S/C19H23N3O5S/c20-14-7-10-22(11-14)28(25,26)17-6-2-5-16-15(17)8-9-21(18(16)23)12-27-19(24)13-3-1-4-13/h2,5-6,8-9,13-14H,1,3-4,7,10-12,20H2. The van der Waals surface area contributed by atoms with E-state index in [1.165, 1.54) is 21.1 Å². The van der Waals surface area contributed by atoms with Gasteiger partial charge in [0.2, 0.25) is 10.0 Å². The molecule has 28 heavy (non-hydrogen) atoms. The number of pyridine rings is 1. The van der Waals surface area contributed by atoms with Crippen LogP contribution in [0.25, 0.3) is 10.8 Å². The molecule has 1 aromatic heterocycles. The fourth-order valence-electron chi connectivity index (χ4n) is 3.62. The number of nitrogens with zero attached hydrogens (tertiary/aromatic N) is 2. The molecule has 150 valence electrons. The molecule has 8 nitrogen and oxygen atoms in total. The van der Waals surface area contributed by atoms with Gasteiger partial charge >= 0.3 is 5.97 Å². The van der Waals surface area contributed by atoms with Gasteiger partial charge in [-0.2, -0.15) is 4.31 Å². The summed E-state index contributed by atoms with van der Waals surface area (Å²) in [5.74, 6) is -0.361. The lowest BCUT2D eigenvalue weighted by Gasteiger charge is -2.23. The fraction of sp³-hybridized carbons (Fsp3) is 0.474. The highest BCUT2D eigenvalue weighted by atomic mass is 32.2. The Kier molecular flexibility index (Phi) is 4.98. The van der Waals surface area contributed by atoms with Gasteiger partial charge < -0.3 is 10.5 Å². The maximum Gasteiger partial charge on any atom is 0.310 e. The first-order chi connectivity index (χ1) is 13.4. The first-order valence-corrected chi connectivity index (χ1v) is 10.9.